The fourth-order valence-electron chi connectivity index (χ4n) is 2.56. The van der Waals surface area contributed by atoms with E-state index in [9.17, 15) is 0 Å². The summed E-state index contributed by atoms with van der Waals surface area (Å²) < 4.78 is 11.3. The third-order valence-corrected chi connectivity index (χ3v) is 3.60. The van der Waals surface area contributed by atoms with Crippen molar-refractivity contribution in [2.45, 2.75) is 19.3 Å². The molecule has 0 fully saturated rings. The van der Waals surface area contributed by atoms with Crippen LogP contribution in [-0.2, 0) is 12.8 Å². The highest BCUT2D eigenvalue weighted by atomic mass is 16.5. The van der Waals surface area contributed by atoms with Crippen LogP contribution in [0.15, 0.2) is 42.5 Å². The van der Waals surface area contributed by atoms with E-state index < -0.39 is 0 Å². The second-order valence-corrected chi connectivity index (χ2v) is 5.02. The van der Waals surface area contributed by atoms with Crippen LogP contribution in [0.1, 0.15) is 17.5 Å². The normalized spacial score (nSPS) is 13.0. The average molecular weight is 269 g/mol. The summed E-state index contributed by atoms with van der Waals surface area (Å²) >= 11 is 0. The zero-order chi connectivity index (χ0) is 13.8. The van der Waals surface area contributed by atoms with Crippen LogP contribution in [-0.4, -0.2) is 13.2 Å². The summed E-state index contributed by atoms with van der Waals surface area (Å²) in [5, 5.41) is 0. The Hall–Kier alpha value is -2.16. The number of rotatable bonds is 5. The lowest BCUT2D eigenvalue weighted by Gasteiger charge is -2.10. The first-order valence-corrected chi connectivity index (χ1v) is 7.05. The smallest absolute Gasteiger partial charge is 0.142 e. The molecule has 0 radical (unpaired) electrons. The monoisotopic (exact) mass is 269 g/mol. The predicted molar refractivity (Wildman–Crippen MR) is 80.3 cm³/mol. The Morgan fingerprint density at radius 2 is 1.70 bits per heavy atom. The summed E-state index contributed by atoms with van der Waals surface area (Å²) in [5.41, 5.74) is 9.36. The van der Waals surface area contributed by atoms with Gasteiger partial charge in [-0.2, -0.15) is 0 Å². The Morgan fingerprint density at radius 1 is 0.900 bits per heavy atom. The maximum atomic E-state index is 5.81. The van der Waals surface area contributed by atoms with Crippen molar-refractivity contribution in [3.63, 3.8) is 0 Å². The van der Waals surface area contributed by atoms with Crippen molar-refractivity contribution in [3.05, 3.63) is 53.6 Å². The zero-order valence-electron chi connectivity index (χ0n) is 11.5. The van der Waals surface area contributed by atoms with Crippen LogP contribution in [0, 0.1) is 0 Å². The highest BCUT2D eigenvalue weighted by Gasteiger charge is 2.11. The Kier molecular flexibility index (Phi) is 3.77. The van der Waals surface area contributed by atoms with Gasteiger partial charge < -0.3 is 15.2 Å². The summed E-state index contributed by atoms with van der Waals surface area (Å²) in [6.07, 6.45) is 3.63. The van der Waals surface area contributed by atoms with Crippen molar-refractivity contribution in [1.29, 1.82) is 0 Å². The number of ether oxygens (including phenoxy) is 2. The highest BCUT2D eigenvalue weighted by molar-refractivity contribution is 5.51. The fourth-order valence-corrected chi connectivity index (χ4v) is 2.56. The molecule has 2 N–H and O–H groups in total. The lowest BCUT2D eigenvalue weighted by Crippen LogP contribution is -2.10. The first-order valence-electron chi connectivity index (χ1n) is 7.05. The molecule has 2 aromatic carbocycles. The molecule has 1 aliphatic carbocycles. The number of nitrogens with two attached hydrogens (primary N) is 1. The number of nitrogen functional groups attached to an aromatic ring is 1. The van der Waals surface area contributed by atoms with Crippen molar-refractivity contribution in [2.24, 2.45) is 0 Å². The minimum absolute atomic E-state index is 0.491. The molecule has 0 bridgehead atoms. The zero-order valence-corrected chi connectivity index (χ0v) is 11.5. The molecule has 3 heteroatoms. The molecule has 20 heavy (non-hydrogen) atoms. The van der Waals surface area contributed by atoms with Crippen molar-refractivity contribution in [2.75, 3.05) is 18.9 Å². The molecule has 0 spiro atoms. The minimum atomic E-state index is 0.491. The van der Waals surface area contributed by atoms with Crippen molar-refractivity contribution in [1.82, 2.24) is 0 Å². The van der Waals surface area contributed by atoms with E-state index in [1.54, 1.807) is 0 Å². The number of hydrogen-bond donors (Lipinski definition) is 1. The maximum absolute atomic E-state index is 5.81. The molecule has 0 unspecified atom stereocenters. The Labute approximate surface area is 119 Å². The van der Waals surface area contributed by atoms with Gasteiger partial charge in [0.2, 0.25) is 0 Å². The summed E-state index contributed by atoms with van der Waals surface area (Å²) in [7, 11) is 0. The van der Waals surface area contributed by atoms with Gasteiger partial charge >= 0.3 is 0 Å². The van der Waals surface area contributed by atoms with E-state index >= 15 is 0 Å². The van der Waals surface area contributed by atoms with Crippen molar-refractivity contribution in [3.8, 4) is 11.5 Å². The Bertz CT molecular complexity index is 595. The quantitative estimate of drug-likeness (QED) is 0.669. The molecule has 0 amide bonds. The van der Waals surface area contributed by atoms with Crippen LogP contribution >= 0.6 is 0 Å². The molecule has 0 saturated carbocycles. The molecule has 1 aliphatic rings. The molecule has 0 heterocycles. The van der Waals surface area contributed by atoms with E-state index in [2.05, 4.69) is 12.1 Å². The van der Waals surface area contributed by atoms with E-state index in [1.165, 1.54) is 30.4 Å². The van der Waals surface area contributed by atoms with Gasteiger partial charge in [0.15, 0.2) is 0 Å². The number of para-hydroxylation sites is 2. The lowest BCUT2D eigenvalue weighted by molar-refractivity contribution is 0.218. The van der Waals surface area contributed by atoms with E-state index in [4.69, 9.17) is 15.2 Å². The minimum Gasteiger partial charge on any atom is -0.490 e. The molecule has 3 nitrogen and oxygen atoms in total. The summed E-state index contributed by atoms with van der Waals surface area (Å²) in [6, 6.07) is 13.9. The van der Waals surface area contributed by atoms with Crippen LogP contribution in [0.3, 0.4) is 0 Å². The van der Waals surface area contributed by atoms with Gasteiger partial charge in [-0.05, 0) is 54.7 Å². The molecule has 0 saturated heterocycles. The predicted octanol–water partition coefficient (Wildman–Crippen LogP) is 3.22. The van der Waals surface area contributed by atoms with Crippen LogP contribution in [0.4, 0.5) is 5.69 Å². The van der Waals surface area contributed by atoms with Crippen LogP contribution < -0.4 is 15.2 Å². The lowest BCUT2D eigenvalue weighted by atomic mass is 10.1. The molecule has 0 aliphatic heterocycles. The molecule has 0 aromatic heterocycles. The summed E-state index contributed by atoms with van der Waals surface area (Å²) in [5.74, 6) is 1.64. The standard InChI is InChI=1S/C17H19NO2/c18-16-6-1-2-7-17(16)20-11-10-19-15-9-8-13-4-3-5-14(13)12-15/h1-2,6-9,12H,3-5,10-11,18H2. The van der Waals surface area contributed by atoms with Gasteiger partial charge in [-0.3, -0.25) is 0 Å². The number of anilines is 1. The maximum Gasteiger partial charge on any atom is 0.142 e. The molecule has 104 valence electrons. The van der Waals surface area contributed by atoms with Gasteiger partial charge in [-0.15, -0.1) is 0 Å². The number of hydrogen-bond acceptors (Lipinski definition) is 3. The third kappa shape index (κ3) is 2.87. The summed E-state index contributed by atoms with van der Waals surface area (Å²) in [4.78, 5) is 0. The topological polar surface area (TPSA) is 44.5 Å². The molecular weight excluding hydrogens is 250 g/mol. The number of fused-ring (bicyclic) bond motifs is 1. The van der Waals surface area contributed by atoms with Gasteiger partial charge in [-0.25, -0.2) is 0 Å². The first-order chi connectivity index (χ1) is 9.83. The molecule has 0 atom stereocenters. The summed E-state index contributed by atoms with van der Waals surface area (Å²) in [6.45, 7) is 1.01. The second kappa shape index (κ2) is 5.87. The van der Waals surface area contributed by atoms with Gasteiger partial charge in [0.05, 0.1) is 5.69 Å². The average Bonchev–Trinajstić information content (AvgIpc) is 2.93. The molecule has 2 aromatic rings. The van der Waals surface area contributed by atoms with E-state index in [0.29, 0.717) is 24.7 Å². The number of benzene rings is 2. The molecular formula is C17H19NO2. The van der Waals surface area contributed by atoms with E-state index in [-0.39, 0.29) is 0 Å². The highest BCUT2D eigenvalue weighted by Crippen LogP contribution is 2.26. The van der Waals surface area contributed by atoms with Crippen molar-refractivity contribution < 1.29 is 9.47 Å². The van der Waals surface area contributed by atoms with Gasteiger partial charge in [0.1, 0.15) is 24.7 Å². The van der Waals surface area contributed by atoms with Crippen molar-refractivity contribution >= 4 is 5.69 Å². The molecule has 3 rings (SSSR count). The van der Waals surface area contributed by atoms with E-state index in [1.807, 2.05) is 30.3 Å². The van der Waals surface area contributed by atoms with Gasteiger partial charge in [-0.1, -0.05) is 18.2 Å². The van der Waals surface area contributed by atoms with Crippen LogP contribution in [0.2, 0.25) is 0 Å². The number of aryl methyl sites for hydroxylation is 2. The first kappa shape index (κ1) is 12.9. The largest absolute Gasteiger partial charge is 0.490 e. The van der Waals surface area contributed by atoms with Gasteiger partial charge in [0.25, 0.3) is 0 Å². The van der Waals surface area contributed by atoms with E-state index in [0.717, 1.165) is 5.75 Å². The second-order valence-electron chi connectivity index (χ2n) is 5.02. The van der Waals surface area contributed by atoms with Gasteiger partial charge in [0, 0.05) is 0 Å². The van der Waals surface area contributed by atoms with Crippen LogP contribution in [0.5, 0.6) is 11.5 Å². The Balaban J connectivity index is 1.49. The fraction of sp³-hybridized carbons (Fsp3) is 0.294. The third-order valence-electron chi connectivity index (χ3n) is 3.60. The Morgan fingerprint density at radius 3 is 2.60 bits per heavy atom. The SMILES string of the molecule is Nc1ccccc1OCCOc1ccc2c(c1)CCC2. The van der Waals surface area contributed by atoms with Crippen LogP contribution in [0.25, 0.3) is 0 Å².